The molecule has 0 aromatic heterocycles. The van der Waals surface area contributed by atoms with E-state index in [2.05, 4.69) is 25.2 Å². The Hall–Kier alpha value is -1.12. The summed E-state index contributed by atoms with van der Waals surface area (Å²) in [4.78, 5) is 24.0. The average molecular weight is 287 g/mol. The lowest BCUT2D eigenvalue weighted by atomic mass is 9.48. The van der Waals surface area contributed by atoms with Gasteiger partial charge in [0.25, 0.3) is 0 Å². The molecule has 114 valence electrons. The Labute approximate surface area is 126 Å². The van der Waals surface area contributed by atoms with Crippen LogP contribution in [0.3, 0.4) is 0 Å². The van der Waals surface area contributed by atoms with E-state index in [4.69, 9.17) is 0 Å². The quantitative estimate of drug-likeness (QED) is 0.744. The van der Waals surface area contributed by atoms with E-state index < -0.39 is 0 Å². The maximum Gasteiger partial charge on any atom is 0.243 e. The molecule has 3 fully saturated rings. The van der Waals surface area contributed by atoms with Gasteiger partial charge in [0.15, 0.2) is 0 Å². The minimum atomic E-state index is -0.0496. The fourth-order valence-electron chi connectivity index (χ4n) is 6.10. The van der Waals surface area contributed by atoms with Gasteiger partial charge in [-0.3, -0.25) is 9.59 Å². The molecule has 0 bridgehead atoms. The highest BCUT2D eigenvalue weighted by Gasteiger charge is 2.59. The maximum atomic E-state index is 12.3. The van der Waals surface area contributed by atoms with Crippen molar-refractivity contribution in [2.75, 3.05) is 0 Å². The predicted octanol–water partition coefficient (Wildman–Crippen LogP) is 2.85. The van der Waals surface area contributed by atoms with Gasteiger partial charge in [0, 0.05) is 23.3 Å². The van der Waals surface area contributed by atoms with Crippen LogP contribution in [0.5, 0.6) is 0 Å². The number of amides is 1. The van der Waals surface area contributed by atoms with Gasteiger partial charge in [0.1, 0.15) is 5.78 Å². The largest absolute Gasteiger partial charge is 0.349 e. The van der Waals surface area contributed by atoms with Crippen LogP contribution in [-0.4, -0.2) is 17.7 Å². The van der Waals surface area contributed by atoms with E-state index in [1.807, 2.05) is 0 Å². The van der Waals surface area contributed by atoms with Gasteiger partial charge < -0.3 is 5.32 Å². The van der Waals surface area contributed by atoms with Crippen molar-refractivity contribution in [3.8, 4) is 0 Å². The summed E-state index contributed by atoms with van der Waals surface area (Å²) in [5.41, 5.74) is 0.0375. The van der Waals surface area contributed by atoms with E-state index >= 15 is 0 Å². The Morgan fingerprint density at radius 3 is 2.71 bits per heavy atom. The normalized spacial score (nSPS) is 51.9. The van der Waals surface area contributed by atoms with Crippen LogP contribution < -0.4 is 5.32 Å². The number of hydrogen-bond acceptors (Lipinski definition) is 2. The van der Waals surface area contributed by atoms with Gasteiger partial charge in [0.05, 0.1) is 0 Å². The van der Waals surface area contributed by atoms with Crippen LogP contribution in [0.25, 0.3) is 0 Å². The molecule has 0 saturated heterocycles. The van der Waals surface area contributed by atoms with Crippen molar-refractivity contribution < 1.29 is 9.59 Å². The number of carbonyl (C=O) groups excluding carboxylic acids is 2. The number of rotatable bonds is 0. The topological polar surface area (TPSA) is 46.2 Å². The zero-order valence-electron chi connectivity index (χ0n) is 13.0. The highest BCUT2D eigenvalue weighted by molar-refractivity contribution is 5.89. The second-order valence-corrected chi connectivity index (χ2v) is 8.13. The van der Waals surface area contributed by atoms with Gasteiger partial charge in [-0.2, -0.15) is 0 Å². The van der Waals surface area contributed by atoms with Crippen molar-refractivity contribution in [1.82, 2.24) is 5.32 Å². The Bertz CT molecular complexity index is 539. The van der Waals surface area contributed by atoms with Crippen LogP contribution >= 0.6 is 0 Å². The first-order valence-electron chi connectivity index (χ1n) is 8.48. The third-order valence-electron chi connectivity index (χ3n) is 7.39. The highest BCUT2D eigenvalue weighted by atomic mass is 16.1. The predicted molar refractivity (Wildman–Crippen MR) is 80.5 cm³/mol. The van der Waals surface area contributed by atoms with Crippen molar-refractivity contribution in [2.24, 2.45) is 28.6 Å². The third-order valence-corrected chi connectivity index (χ3v) is 7.39. The third kappa shape index (κ3) is 1.66. The standard InChI is InChI=1S/C18H25NO2/c1-17-10-8-16(21)19-14(17)5-3-11-12-4-6-15(20)18(12,2)9-7-13(11)17/h8,10-14H,3-7,9H2,1-2H3,(H,19,21)/t11?,12?,13?,14-,17?,18?/m1/s1. The zero-order valence-corrected chi connectivity index (χ0v) is 13.0. The molecule has 21 heavy (non-hydrogen) atoms. The lowest BCUT2D eigenvalue weighted by molar-refractivity contribution is -0.134. The molecule has 0 radical (unpaired) electrons. The Balaban J connectivity index is 1.70. The fourth-order valence-corrected chi connectivity index (χ4v) is 6.10. The van der Waals surface area contributed by atoms with Crippen LogP contribution in [0, 0.1) is 28.6 Å². The van der Waals surface area contributed by atoms with Gasteiger partial charge >= 0.3 is 0 Å². The lowest BCUT2D eigenvalue weighted by Crippen LogP contribution is -2.59. The lowest BCUT2D eigenvalue weighted by Gasteiger charge is -2.57. The van der Waals surface area contributed by atoms with E-state index in [1.165, 1.54) is 6.42 Å². The first kappa shape index (κ1) is 13.5. The van der Waals surface area contributed by atoms with Crippen molar-refractivity contribution in [3.63, 3.8) is 0 Å². The van der Waals surface area contributed by atoms with E-state index in [0.29, 0.717) is 23.5 Å². The van der Waals surface area contributed by atoms with Crippen LogP contribution in [-0.2, 0) is 9.59 Å². The fraction of sp³-hybridized carbons (Fsp3) is 0.778. The number of carbonyl (C=O) groups is 2. The molecule has 6 atom stereocenters. The Kier molecular flexibility index (Phi) is 2.71. The molecule has 1 N–H and O–H groups in total. The van der Waals surface area contributed by atoms with Gasteiger partial charge in [-0.25, -0.2) is 0 Å². The van der Waals surface area contributed by atoms with Crippen molar-refractivity contribution >= 4 is 11.7 Å². The number of fused-ring (bicyclic) bond motifs is 5. The minimum Gasteiger partial charge on any atom is -0.349 e. The summed E-state index contributed by atoms with van der Waals surface area (Å²) >= 11 is 0. The minimum absolute atomic E-state index is 0.0496. The summed E-state index contributed by atoms with van der Waals surface area (Å²) in [6.07, 6.45) is 10.2. The molecule has 3 aliphatic carbocycles. The van der Waals surface area contributed by atoms with Crippen LogP contribution in [0.15, 0.2) is 12.2 Å². The van der Waals surface area contributed by atoms with Crippen molar-refractivity contribution in [1.29, 1.82) is 0 Å². The summed E-state index contributed by atoms with van der Waals surface area (Å²) < 4.78 is 0. The molecule has 1 heterocycles. The maximum absolute atomic E-state index is 12.3. The molecule has 1 amide bonds. The van der Waals surface area contributed by atoms with Crippen LogP contribution in [0.4, 0.5) is 0 Å². The summed E-state index contributed by atoms with van der Waals surface area (Å²) in [6.45, 7) is 4.54. The summed E-state index contributed by atoms with van der Waals surface area (Å²) in [5, 5.41) is 3.18. The van der Waals surface area contributed by atoms with Gasteiger partial charge in [-0.05, 0) is 55.9 Å². The van der Waals surface area contributed by atoms with Crippen molar-refractivity contribution in [3.05, 3.63) is 12.2 Å². The molecule has 1 aliphatic heterocycles. The van der Waals surface area contributed by atoms with Gasteiger partial charge in [-0.1, -0.05) is 19.9 Å². The molecule has 4 rings (SSSR count). The summed E-state index contributed by atoms with van der Waals surface area (Å²) in [5.74, 6) is 2.43. The zero-order chi connectivity index (χ0) is 14.8. The SMILES string of the molecule is CC12CCC3C(CC[C@H]4NC(=O)C=CC34C)C1CCC2=O. The van der Waals surface area contributed by atoms with E-state index in [0.717, 1.165) is 32.1 Å². The number of Topliss-reactive ketones (excluding diaryl/α,β-unsaturated/α-hetero) is 1. The van der Waals surface area contributed by atoms with Gasteiger partial charge in [-0.15, -0.1) is 0 Å². The molecule has 0 aromatic carbocycles. The summed E-state index contributed by atoms with van der Waals surface area (Å²) in [6, 6.07) is 0.290. The van der Waals surface area contributed by atoms with E-state index in [9.17, 15) is 9.59 Å². The van der Waals surface area contributed by atoms with Crippen LogP contribution in [0.2, 0.25) is 0 Å². The molecule has 5 unspecified atom stereocenters. The second kappa shape index (κ2) is 4.21. The number of nitrogens with one attached hydrogen (secondary N) is 1. The van der Waals surface area contributed by atoms with Crippen LogP contribution in [0.1, 0.15) is 52.4 Å². The molecule has 3 heteroatoms. The monoisotopic (exact) mass is 287 g/mol. The first-order valence-corrected chi connectivity index (χ1v) is 8.48. The molecule has 4 aliphatic rings. The molecule has 3 nitrogen and oxygen atoms in total. The Morgan fingerprint density at radius 2 is 1.90 bits per heavy atom. The van der Waals surface area contributed by atoms with E-state index in [-0.39, 0.29) is 22.8 Å². The molecule has 0 spiro atoms. The van der Waals surface area contributed by atoms with E-state index in [1.54, 1.807) is 6.08 Å². The molecular weight excluding hydrogens is 262 g/mol. The van der Waals surface area contributed by atoms with Crippen molar-refractivity contribution in [2.45, 2.75) is 58.4 Å². The molecule has 0 aromatic rings. The Morgan fingerprint density at radius 1 is 1.10 bits per heavy atom. The van der Waals surface area contributed by atoms with Gasteiger partial charge in [0.2, 0.25) is 5.91 Å². The molecule has 3 saturated carbocycles. The number of hydrogen-bond donors (Lipinski definition) is 1. The highest BCUT2D eigenvalue weighted by Crippen LogP contribution is 2.62. The summed E-state index contributed by atoms with van der Waals surface area (Å²) in [7, 11) is 0. The average Bonchev–Trinajstić information content (AvgIpc) is 2.76. The first-order chi connectivity index (χ1) is 9.95. The molecular formula is C18H25NO2. The smallest absolute Gasteiger partial charge is 0.243 e. The second-order valence-electron chi connectivity index (χ2n) is 8.13. The number of ketones is 1.